The molecule has 5 rings (SSSR count). The molecule has 4 aromatic rings. The first-order valence-corrected chi connectivity index (χ1v) is 11.9. The number of nitrogens with zero attached hydrogens (tertiary/aromatic N) is 3. The van der Waals surface area contributed by atoms with Gasteiger partial charge in [-0.2, -0.15) is 0 Å². The Labute approximate surface area is 213 Å². The zero-order valence-electron chi connectivity index (χ0n) is 20.7. The number of aromatic nitrogens is 2. The third kappa shape index (κ3) is 4.12. The maximum Gasteiger partial charge on any atom is 0.321 e. The van der Waals surface area contributed by atoms with Crippen LogP contribution in [0.5, 0.6) is 17.2 Å². The van der Waals surface area contributed by atoms with Crippen LogP contribution in [0.2, 0.25) is 0 Å². The average molecular weight is 502 g/mol. The highest BCUT2D eigenvalue weighted by molar-refractivity contribution is 6.08. The minimum atomic E-state index is -1.22. The molecule has 0 spiro atoms. The van der Waals surface area contributed by atoms with Crippen LogP contribution in [0.1, 0.15) is 24.1 Å². The quantitative estimate of drug-likeness (QED) is 0.301. The molecule has 1 aliphatic rings. The molecule has 0 saturated heterocycles. The van der Waals surface area contributed by atoms with Gasteiger partial charge in [-0.1, -0.05) is 42.5 Å². The number of aromatic hydroxyl groups is 1. The third-order valence-electron chi connectivity index (χ3n) is 6.51. The Balaban J connectivity index is 1.79. The van der Waals surface area contributed by atoms with E-state index >= 15 is 0 Å². The highest BCUT2D eigenvalue weighted by Crippen LogP contribution is 2.46. The number of hydrogen-bond acceptors (Lipinski definition) is 7. The van der Waals surface area contributed by atoms with Gasteiger partial charge in [0.15, 0.2) is 17.4 Å². The number of fused-ring (bicyclic) bond motifs is 3. The van der Waals surface area contributed by atoms with E-state index in [1.54, 1.807) is 19.1 Å². The van der Waals surface area contributed by atoms with Crippen LogP contribution in [0.25, 0.3) is 11.0 Å². The van der Waals surface area contributed by atoms with Gasteiger partial charge in [-0.3, -0.25) is 14.5 Å². The SMILES string of the molecule is CCOC(=O)[C@H]1C(=O)N(Cc2ccccc2)c2nc3ccccc3n2[C@@H]1c1cc(OC)c(O)c(OC)c1. The molecule has 0 saturated carbocycles. The number of esters is 1. The Hall–Kier alpha value is -4.53. The summed E-state index contributed by atoms with van der Waals surface area (Å²) in [6.45, 7) is 2.05. The summed E-state index contributed by atoms with van der Waals surface area (Å²) in [6, 6.07) is 19.4. The lowest BCUT2D eigenvalue weighted by Crippen LogP contribution is -2.49. The molecule has 9 heteroatoms. The van der Waals surface area contributed by atoms with E-state index in [4.69, 9.17) is 19.2 Å². The number of ether oxygens (including phenoxy) is 3. The third-order valence-corrected chi connectivity index (χ3v) is 6.51. The molecular weight excluding hydrogens is 474 g/mol. The van der Waals surface area contributed by atoms with Crippen molar-refractivity contribution in [1.82, 2.24) is 9.55 Å². The number of rotatable bonds is 7. The first-order chi connectivity index (χ1) is 18.0. The van der Waals surface area contributed by atoms with Crippen LogP contribution in [0, 0.1) is 5.92 Å². The van der Waals surface area contributed by atoms with Crippen LogP contribution < -0.4 is 14.4 Å². The Bertz CT molecular complexity index is 1440. The molecule has 9 nitrogen and oxygen atoms in total. The minimum absolute atomic E-state index is 0.119. The summed E-state index contributed by atoms with van der Waals surface area (Å²) >= 11 is 0. The van der Waals surface area contributed by atoms with Gasteiger partial charge in [0.25, 0.3) is 0 Å². The summed E-state index contributed by atoms with van der Waals surface area (Å²) in [5.41, 5.74) is 2.84. The zero-order chi connectivity index (χ0) is 26.1. The number of methoxy groups -OCH3 is 2. The Kier molecular flexibility index (Phi) is 6.43. The second kappa shape index (κ2) is 9.85. The smallest absolute Gasteiger partial charge is 0.321 e. The van der Waals surface area contributed by atoms with Crippen LogP contribution in [0.4, 0.5) is 5.95 Å². The molecule has 0 aliphatic carbocycles. The van der Waals surface area contributed by atoms with Crippen LogP contribution in [-0.4, -0.2) is 47.4 Å². The van der Waals surface area contributed by atoms with Gasteiger partial charge in [-0.05, 0) is 42.3 Å². The molecule has 1 aromatic heterocycles. The molecule has 190 valence electrons. The van der Waals surface area contributed by atoms with Crippen molar-refractivity contribution in [3.8, 4) is 17.2 Å². The second-order valence-corrected chi connectivity index (χ2v) is 8.63. The second-order valence-electron chi connectivity index (χ2n) is 8.63. The summed E-state index contributed by atoms with van der Waals surface area (Å²) in [4.78, 5) is 33.9. The number of amides is 1. The largest absolute Gasteiger partial charge is 0.502 e. The number of imidazole rings is 1. The summed E-state index contributed by atoms with van der Waals surface area (Å²) < 4.78 is 18.1. The number of para-hydroxylation sites is 2. The number of carbonyl (C=O) groups excluding carboxylic acids is 2. The van der Waals surface area contributed by atoms with E-state index in [-0.39, 0.29) is 30.4 Å². The highest BCUT2D eigenvalue weighted by atomic mass is 16.5. The van der Waals surface area contributed by atoms with Gasteiger partial charge in [0.2, 0.25) is 17.6 Å². The minimum Gasteiger partial charge on any atom is -0.502 e. The molecule has 0 radical (unpaired) electrons. The summed E-state index contributed by atoms with van der Waals surface area (Å²) in [6.07, 6.45) is 0. The van der Waals surface area contributed by atoms with E-state index in [9.17, 15) is 14.7 Å². The topological polar surface area (TPSA) is 103 Å². The van der Waals surface area contributed by atoms with Gasteiger partial charge < -0.3 is 23.9 Å². The lowest BCUT2D eigenvalue weighted by Gasteiger charge is -2.38. The Morgan fingerprint density at radius 3 is 2.30 bits per heavy atom. The van der Waals surface area contributed by atoms with Crippen molar-refractivity contribution < 1.29 is 28.9 Å². The Morgan fingerprint density at radius 2 is 1.65 bits per heavy atom. The molecule has 0 bridgehead atoms. The highest BCUT2D eigenvalue weighted by Gasteiger charge is 2.48. The van der Waals surface area contributed by atoms with Crippen molar-refractivity contribution in [2.45, 2.75) is 19.5 Å². The molecule has 1 aliphatic heterocycles. The molecule has 37 heavy (non-hydrogen) atoms. The van der Waals surface area contributed by atoms with Crippen molar-refractivity contribution in [1.29, 1.82) is 0 Å². The molecule has 3 aromatic carbocycles. The molecule has 1 N–H and O–H groups in total. The molecule has 2 atom stereocenters. The van der Waals surface area contributed by atoms with Gasteiger partial charge in [0.1, 0.15) is 0 Å². The van der Waals surface area contributed by atoms with Gasteiger partial charge in [-0.25, -0.2) is 4.98 Å². The van der Waals surface area contributed by atoms with E-state index in [2.05, 4.69) is 0 Å². The first-order valence-electron chi connectivity index (χ1n) is 11.9. The van der Waals surface area contributed by atoms with Crippen molar-refractivity contribution in [3.05, 3.63) is 77.9 Å². The van der Waals surface area contributed by atoms with Gasteiger partial charge >= 0.3 is 5.97 Å². The van der Waals surface area contributed by atoms with Crippen LogP contribution in [0.15, 0.2) is 66.7 Å². The number of benzene rings is 3. The number of phenolic OH excluding ortho intramolecular Hbond substituents is 1. The molecule has 1 amide bonds. The fourth-order valence-corrected chi connectivity index (χ4v) is 4.85. The lowest BCUT2D eigenvalue weighted by atomic mass is 9.88. The zero-order valence-corrected chi connectivity index (χ0v) is 20.7. The maximum atomic E-state index is 14.1. The van der Waals surface area contributed by atoms with Crippen LogP contribution >= 0.6 is 0 Å². The van der Waals surface area contributed by atoms with E-state index in [0.717, 1.165) is 11.1 Å². The first kappa shape index (κ1) is 24.2. The summed E-state index contributed by atoms with van der Waals surface area (Å²) in [7, 11) is 2.85. The molecule has 2 heterocycles. The van der Waals surface area contributed by atoms with E-state index in [1.807, 2.05) is 59.2 Å². The van der Waals surface area contributed by atoms with Crippen molar-refractivity contribution in [2.75, 3.05) is 25.7 Å². The molecule has 0 unspecified atom stereocenters. The predicted octanol–water partition coefficient (Wildman–Crippen LogP) is 4.07. The number of carbonyl (C=O) groups is 2. The molecule has 0 fully saturated rings. The van der Waals surface area contributed by atoms with Crippen molar-refractivity contribution in [2.24, 2.45) is 5.92 Å². The number of phenols is 1. The van der Waals surface area contributed by atoms with Crippen molar-refractivity contribution in [3.63, 3.8) is 0 Å². The number of anilines is 1. The number of hydrogen-bond donors (Lipinski definition) is 1. The monoisotopic (exact) mass is 501 g/mol. The van der Waals surface area contributed by atoms with Crippen LogP contribution in [-0.2, 0) is 20.9 Å². The normalized spacial score (nSPS) is 16.9. The lowest BCUT2D eigenvalue weighted by molar-refractivity contribution is -0.153. The van der Waals surface area contributed by atoms with E-state index in [0.29, 0.717) is 17.0 Å². The fourth-order valence-electron chi connectivity index (χ4n) is 4.85. The van der Waals surface area contributed by atoms with Crippen molar-refractivity contribution >= 4 is 28.9 Å². The van der Waals surface area contributed by atoms with Gasteiger partial charge in [0.05, 0.1) is 44.4 Å². The van der Waals surface area contributed by atoms with E-state index in [1.165, 1.54) is 19.1 Å². The average Bonchev–Trinajstić information content (AvgIpc) is 3.30. The predicted molar refractivity (Wildman–Crippen MR) is 137 cm³/mol. The standard InChI is InChI=1S/C28H27N3O6/c1-4-37-27(34)23-24(18-14-21(35-2)25(32)22(15-18)36-3)31-20-13-9-8-12-19(20)29-28(31)30(26(23)33)16-17-10-6-5-7-11-17/h5-15,23-24,32H,4,16H2,1-3H3/t23-,24-/m1/s1. The van der Waals surface area contributed by atoms with Gasteiger partial charge in [-0.15, -0.1) is 0 Å². The fraction of sp³-hybridized carbons (Fsp3) is 0.250. The molecular formula is C28H27N3O6. The summed E-state index contributed by atoms with van der Waals surface area (Å²) in [5, 5.41) is 10.5. The van der Waals surface area contributed by atoms with E-state index < -0.39 is 23.8 Å². The Morgan fingerprint density at radius 1 is 1.00 bits per heavy atom. The van der Waals surface area contributed by atoms with Crippen LogP contribution in [0.3, 0.4) is 0 Å². The summed E-state index contributed by atoms with van der Waals surface area (Å²) in [5.74, 6) is -1.75. The van der Waals surface area contributed by atoms with Gasteiger partial charge in [0, 0.05) is 0 Å². The maximum absolute atomic E-state index is 14.1.